The number of pyridine rings is 1. The van der Waals surface area contributed by atoms with Gasteiger partial charge >= 0.3 is 0 Å². The van der Waals surface area contributed by atoms with Crippen molar-refractivity contribution in [3.05, 3.63) is 88.5 Å². The number of aromatic nitrogens is 4. The first kappa shape index (κ1) is 19.5. The van der Waals surface area contributed by atoms with Gasteiger partial charge in [0.05, 0.1) is 0 Å². The maximum atomic E-state index is 12.6. The van der Waals surface area contributed by atoms with E-state index in [4.69, 9.17) is 12.2 Å². The molecule has 7 nitrogen and oxygen atoms in total. The van der Waals surface area contributed by atoms with Crippen LogP contribution in [0.3, 0.4) is 0 Å². The molecule has 0 radical (unpaired) electrons. The number of carbonyl (C=O) groups is 1. The molecule has 2 heterocycles. The van der Waals surface area contributed by atoms with Crippen molar-refractivity contribution in [2.24, 2.45) is 0 Å². The zero-order chi connectivity index (χ0) is 21.1. The Morgan fingerprint density at radius 2 is 1.73 bits per heavy atom. The van der Waals surface area contributed by atoms with E-state index in [0.29, 0.717) is 11.4 Å². The number of amides is 1. The summed E-state index contributed by atoms with van der Waals surface area (Å²) in [5.41, 5.74) is 8.29. The lowest BCUT2D eigenvalue weighted by atomic mass is 10.1. The third-order valence-corrected chi connectivity index (χ3v) is 5.14. The van der Waals surface area contributed by atoms with Gasteiger partial charge in [-0.05, 0) is 67.5 Å². The molecule has 2 aromatic heterocycles. The summed E-state index contributed by atoms with van der Waals surface area (Å²) in [6, 6.07) is 17.1. The highest BCUT2D eigenvalue weighted by Gasteiger charge is 2.16. The van der Waals surface area contributed by atoms with Gasteiger partial charge in [0.15, 0.2) is 5.82 Å². The SMILES string of the molecule is Cc1cccc(Nc2ccccc2-c2n[nH]c(=S)n2NC(=O)c2ccncc2)c1C. The third kappa shape index (κ3) is 3.85. The van der Waals surface area contributed by atoms with Crippen molar-refractivity contribution in [2.75, 3.05) is 10.7 Å². The average Bonchev–Trinajstić information content (AvgIpc) is 3.12. The van der Waals surface area contributed by atoms with Crippen LogP contribution in [0.2, 0.25) is 0 Å². The average molecular weight is 417 g/mol. The van der Waals surface area contributed by atoms with Gasteiger partial charge in [-0.2, -0.15) is 5.10 Å². The molecule has 1 amide bonds. The third-order valence-electron chi connectivity index (χ3n) is 4.87. The van der Waals surface area contributed by atoms with Crippen LogP contribution >= 0.6 is 12.2 Å². The molecule has 8 heteroatoms. The molecule has 4 rings (SSSR count). The summed E-state index contributed by atoms with van der Waals surface area (Å²) in [5, 5.41) is 10.6. The van der Waals surface area contributed by atoms with E-state index in [1.165, 1.54) is 10.2 Å². The Balaban J connectivity index is 1.72. The summed E-state index contributed by atoms with van der Waals surface area (Å²) in [7, 11) is 0. The van der Waals surface area contributed by atoms with Crippen molar-refractivity contribution in [1.82, 2.24) is 19.9 Å². The first-order valence-corrected chi connectivity index (χ1v) is 9.77. The largest absolute Gasteiger partial charge is 0.355 e. The van der Waals surface area contributed by atoms with Gasteiger partial charge in [0.1, 0.15) is 0 Å². The molecule has 0 fully saturated rings. The minimum absolute atomic E-state index is 0.286. The Kier molecular flexibility index (Phi) is 5.40. The van der Waals surface area contributed by atoms with Crippen molar-refractivity contribution in [3.63, 3.8) is 0 Å². The van der Waals surface area contributed by atoms with Gasteiger partial charge in [-0.25, -0.2) is 9.77 Å². The molecule has 3 N–H and O–H groups in total. The number of aryl methyl sites for hydroxylation is 1. The van der Waals surface area contributed by atoms with E-state index in [0.717, 1.165) is 22.5 Å². The fourth-order valence-electron chi connectivity index (χ4n) is 3.07. The normalized spacial score (nSPS) is 10.6. The first-order valence-electron chi connectivity index (χ1n) is 9.36. The van der Waals surface area contributed by atoms with Crippen molar-refractivity contribution < 1.29 is 4.79 Å². The standard InChI is InChI=1S/C22H20N6OS/c1-14-6-5-9-18(15(14)2)24-19-8-4-3-7-17(19)20-25-26-22(30)28(20)27-21(29)16-10-12-23-13-11-16/h3-13,24H,1-2H3,(H,26,30)(H,27,29). The summed E-state index contributed by atoms with van der Waals surface area (Å²) in [5.74, 6) is 0.187. The monoisotopic (exact) mass is 416 g/mol. The summed E-state index contributed by atoms with van der Waals surface area (Å²) >= 11 is 5.35. The zero-order valence-corrected chi connectivity index (χ0v) is 17.3. The summed E-state index contributed by atoms with van der Waals surface area (Å²) in [6.07, 6.45) is 3.13. The van der Waals surface area contributed by atoms with E-state index < -0.39 is 0 Å². The predicted molar refractivity (Wildman–Crippen MR) is 120 cm³/mol. The van der Waals surface area contributed by atoms with Crippen LogP contribution in [0.4, 0.5) is 11.4 Å². The molecule has 0 saturated carbocycles. The Morgan fingerprint density at radius 1 is 1.00 bits per heavy atom. The molecule has 0 aliphatic heterocycles. The van der Waals surface area contributed by atoms with E-state index in [1.54, 1.807) is 24.5 Å². The lowest BCUT2D eigenvalue weighted by Crippen LogP contribution is -2.24. The number of nitrogens with zero attached hydrogens (tertiary/aromatic N) is 3. The fourth-order valence-corrected chi connectivity index (χ4v) is 3.25. The number of hydrogen-bond acceptors (Lipinski definition) is 5. The molecule has 0 spiro atoms. The number of anilines is 2. The summed E-state index contributed by atoms with van der Waals surface area (Å²) < 4.78 is 1.76. The Hall–Kier alpha value is -3.78. The smallest absolute Gasteiger partial charge is 0.270 e. The number of para-hydroxylation sites is 1. The zero-order valence-electron chi connectivity index (χ0n) is 16.5. The number of nitrogens with one attached hydrogen (secondary N) is 3. The van der Waals surface area contributed by atoms with Crippen LogP contribution in [-0.2, 0) is 0 Å². The lowest BCUT2D eigenvalue weighted by Gasteiger charge is -2.15. The molecule has 0 unspecified atom stereocenters. The molecule has 4 aromatic rings. The molecule has 0 bridgehead atoms. The molecule has 0 aliphatic rings. The fraction of sp³-hybridized carbons (Fsp3) is 0.0909. The second kappa shape index (κ2) is 8.30. The van der Waals surface area contributed by atoms with Crippen LogP contribution in [0.1, 0.15) is 21.5 Å². The van der Waals surface area contributed by atoms with E-state index >= 15 is 0 Å². The van der Waals surface area contributed by atoms with E-state index in [-0.39, 0.29) is 10.7 Å². The second-order valence-corrected chi connectivity index (χ2v) is 7.17. The second-order valence-electron chi connectivity index (χ2n) is 6.78. The minimum Gasteiger partial charge on any atom is -0.355 e. The molecule has 0 saturated heterocycles. The molecule has 30 heavy (non-hydrogen) atoms. The Labute approximate surface area is 178 Å². The van der Waals surface area contributed by atoms with Crippen LogP contribution in [-0.4, -0.2) is 25.8 Å². The van der Waals surface area contributed by atoms with Crippen molar-refractivity contribution >= 4 is 29.5 Å². The van der Waals surface area contributed by atoms with Gasteiger partial charge in [-0.3, -0.25) is 15.2 Å². The molecule has 0 atom stereocenters. The van der Waals surface area contributed by atoms with E-state index in [1.807, 2.05) is 36.4 Å². The highest BCUT2D eigenvalue weighted by molar-refractivity contribution is 7.71. The van der Waals surface area contributed by atoms with Crippen LogP contribution in [0, 0.1) is 18.6 Å². The van der Waals surface area contributed by atoms with Crippen LogP contribution in [0.25, 0.3) is 11.4 Å². The van der Waals surface area contributed by atoms with Gasteiger partial charge in [0.2, 0.25) is 4.77 Å². The Bertz CT molecular complexity index is 1260. The number of H-pyrrole nitrogens is 1. The van der Waals surface area contributed by atoms with Crippen LogP contribution in [0.5, 0.6) is 0 Å². The van der Waals surface area contributed by atoms with Crippen LogP contribution < -0.4 is 10.7 Å². The van der Waals surface area contributed by atoms with Crippen molar-refractivity contribution in [3.8, 4) is 11.4 Å². The van der Waals surface area contributed by atoms with E-state index in [2.05, 4.69) is 45.8 Å². The summed E-state index contributed by atoms with van der Waals surface area (Å²) in [4.78, 5) is 16.6. The molecule has 0 aliphatic carbocycles. The van der Waals surface area contributed by atoms with Crippen LogP contribution in [0.15, 0.2) is 67.0 Å². The van der Waals surface area contributed by atoms with Gasteiger partial charge in [0, 0.05) is 34.9 Å². The van der Waals surface area contributed by atoms with Gasteiger partial charge < -0.3 is 5.32 Å². The summed E-state index contributed by atoms with van der Waals surface area (Å²) in [6.45, 7) is 4.15. The number of carbonyl (C=O) groups excluding carboxylic acids is 1. The number of hydrogen-bond donors (Lipinski definition) is 3. The van der Waals surface area contributed by atoms with E-state index in [9.17, 15) is 4.79 Å². The minimum atomic E-state index is -0.309. The maximum Gasteiger partial charge on any atom is 0.270 e. The lowest BCUT2D eigenvalue weighted by molar-refractivity contribution is 0.101. The van der Waals surface area contributed by atoms with Gasteiger partial charge in [-0.1, -0.05) is 24.3 Å². The number of rotatable bonds is 5. The topological polar surface area (TPSA) is 87.6 Å². The number of benzene rings is 2. The van der Waals surface area contributed by atoms with Crippen molar-refractivity contribution in [1.29, 1.82) is 0 Å². The van der Waals surface area contributed by atoms with Gasteiger partial charge in [-0.15, -0.1) is 0 Å². The molecule has 2 aromatic carbocycles. The maximum absolute atomic E-state index is 12.6. The van der Waals surface area contributed by atoms with Gasteiger partial charge in [0.25, 0.3) is 5.91 Å². The number of aromatic amines is 1. The Morgan fingerprint density at radius 3 is 2.53 bits per heavy atom. The first-order chi connectivity index (χ1) is 14.5. The molecule has 150 valence electrons. The molecular weight excluding hydrogens is 396 g/mol. The van der Waals surface area contributed by atoms with Crippen molar-refractivity contribution in [2.45, 2.75) is 13.8 Å². The molecular formula is C22H20N6OS. The quantitative estimate of drug-likeness (QED) is 0.409. The highest BCUT2D eigenvalue weighted by atomic mass is 32.1. The highest BCUT2D eigenvalue weighted by Crippen LogP contribution is 2.30. The predicted octanol–water partition coefficient (Wildman–Crippen LogP) is 4.75.